The van der Waals surface area contributed by atoms with Crippen molar-refractivity contribution in [3.8, 4) is 0 Å². The lowest BCUT2D eigenvalue weighted by Gasteiger charge is -2.15. The fraction of sp³-hybridized carbons (Fsp3) is 0.200. The largest absolute Gasteiger partial charge is 0.330 e. The van der Waals surface area contributed by atoms with Crippen LogP contribution in [0, 0.1) is 0 Å². The van der Waals surface area contributed by atoms with Gasteiger partial charge in [-0.1, -0.05) is 47.5 Å². The summed E-state index contributed by atoms with van der Waals surface area (Å²) in [5, 5.41) is 1.51. The topological polar surface area (TPSA) is 26.0 Å². The van der Waals surface area contributed by atoms with Crippen molar-refractivity contribution in [2.45, 2.75) is 12.3 Å². The maximum Gasteiger partial charge on any atom is 0.0406 e. The van der Waals surface area contributed by atoms with E-state index >= 15 is 0 Å². The van der Waals surface area contributed by atoms with Gasteiger partial charge in [-0.3, -0.25) is 0 Å². The number of rotatable bonds is 4. The van der Waals surface area contributed by atoms with Crippen LogP contribution in [0.4, 0.5) is 0 Å². The lowest BCUT2D eigenvalue weighted by molar-refractivity contribution is 0.694. The van der Waals surface area contributed by atoms with Crippen molar-refractivity contribution in [1.29, 1.82) is 0 Å². The minimum Gasteiger partial charge on any atom is -0.330 e. The van der Waals surface area contributed by atoms with Gasteiger partial charge in [-0.15, -0.1) is 0 Å². The molecule has 0 aliphatic rings. The molecule has 1 unspecified atom stereocenters. The first-order valence-corrected chi connectivity index (χ1v) is 6.64. The van der Waals surface area contributed by atoms with Crippen molar-refractivity contribution >= 4 is 23.2 Å². The Kier molecular flexibility index (Phi) is 4.65. The van der Waals surface area contributed by atoms with Crippen molar-refractivity contribution in [3.05, 3.63) is 69.7 Å². The van der Waals surface area contributed by atoms with Crippen LogP contribution in [-0.2, 0) is 6.42 Å². The quantitative estimate of drug-likeness (QED) is 0.888. The molecule has 2 rings (SSSR count). The fourth-order valence-electron chi connectivity index (χ4n) is 1.98. The summed E-state index contributed by atoms with van der Waals surface area (Å²) in [7, 11) is 0. The van der Waals surface area contributed by atoms with Gasteiger partial charge in [-0.05, 0) is 48.4 Å². The number of halogens is 2. The summed E-state index contributed by atoms with van der Waals surface area (Å²) in [6, 6.07) is 15.8. The van der Waals surface area contributed by atoms with Crippen LogP contribution < -0.4 is 5.73 Å². The highest BCUT2D eigenvalue weighted by Gasteiger charge is 2.10. The molecule has 0 aliphatic heterocycles. The van der Waals surface area contributed by atoms with Gasteiger partial charge in [-0.25, -0.2) is 0 Å². The van der Waals surface area contributed by atoms with Crippen molar-refractivity contribution in [1.82, 2.24) is 0 Å². The maximum atomic E-state index is 5.89. The molecule has 94 valence electrons. The first-order chi connectivity index (χ1) is 8.69. The van der Waals surface area contributed by atoms with Gasteiger partial charge in [0.1, 0.15) is 0 Å². The van der Waals surface area contributed by atoms with Crippen LogP contribution in [0.5, 0.6) is 0 Å². The molecule has 2 aromatic rings. The zero-order valence-electron chi connectivity index (χ0n) is 9.94. The highest BCUT2D eigenvalue weighted by atomic mass is 35.5. The average Bonchev–Trinajstić information content (AvgIpc) is 2.39. The molecule has 1 nitrogen and oxygen atoms in total. The van der Waals surface area contributed by atoms with E-state index < -0.39 is 0 Å². The molecule has 0 amide bonds. The summed E-state index contributed by atoms with van der Waals surface area (Å²) in [6.45, 7) is 0.615. The van der Waals surface area contributed by atoms with E-state index in [1.54, 1.807) is 0 Å². The molecule has 0 bridgehead atoms. The van der Waals surface area contributed by atoms with E-state index in [0.717, 1.165) is 16.5 Å². The molecular formula is C15H15Cl2N. The molecule has 0 aromatic heterocycles. The van der Waals surface area contributed by atoms with Gasteiger partial charge in [0.25, 0.3) is 0 Å². The SMILES string of the molecule is NCC(Cc1ccc(Cl)cc1)c1ccc(Cl)cc1. The molecule has 1 atom stereocenters. The summed E-state index contributed by atoms with van der Waals surface area (Å²) >= 11 is 11.8. The van der Waals surface area contributed by atoms with E-state index in [1.165, 1.54) is 11.1 Å². The molecule has 0 saturated carbocycles. The third-order valence-electron chi connectivity index (χ3n) is 3.02. The van der Waals surface area contributed by atoms with Crippen LogP contribution in [0.2, 0.25) is 10.0 Å². The van der Waals surface area contributed by atoms with Crippen molar-refractivity contribution in [2.24, 2.45) is 5.73 Å². The third-order valence-corrected chi connectivity index (χ3v) is 3.53. The van der Waals surface area contributed by atoms with Gasteiger partial charge in [0.15, 0.2) is 0 Å². The maximum absolute atomic E-state index is 5.89. The Hall–Kier alpha value is -1.02. The molecule has 0 radical (unpaired) electrons. The number of hydrogen-bond acceptors (Lipinski definition) is 1. The van der Waals surface area contributed by atoms with Crippen LogP contribution in [-0.4, -0.2) is 6.54 Å². The van der Waals surface area contributed by atoms with Crippen LogP contribution in [0.3, 0.4) is 0 Å². The van der Waals surface area contributed by atoms with Gasteiger partial charge in [0.05, 0.1) is 0 Å². The van der Waals surface area contributed by atoms with E-state index in [2.05, 4.69) is 0 Å². The van der Waals surface area contributed by atoms with Crippen LogP contribution in [0.25, 0.3) is 0 Å². The van der Waals surface area contributed by atoms with E-state index in [0.29, 0.717) is 12.5 Å². The molecule has 0 spiro atoms. The first kappa shape index (κ1) is 13.4. The van der Waals surface area contributed by atoms with Gasteiger partial charge in [-0.2, -0.15) is 0 Å². The van der Waals surface area contributed by atoms with Gasteiger partial charge in [0, 0.05) is 16.0 Å². The Bertz CT molecular complexity index is 491. The summed E-state index contributed by atoms with van der Waals surface area (Å²) in [5.41, 5.74) is 8.32. The normalized spacial score (nSPS) is 12.4. The van der Waals surface area contributed by atoms with Crippen LogP contribution in [0.15, 0.2) is 48.5 Å². The smallest absolute Gasteiger partial charge is 0.0406 e. The predicted molar refractivity (Wildman–Crippen MR) is 78.4 cm³/mol. The summed E-state index contributed by atoms with van der Waals surface area (Å²) in [5.74, 6) is 0.309. The van der Waals surface area contributed by atoms with Crippen molar-refractivity contribution < 1.29 is 0 Å². The van der Waals surface area contributed by atoms with Crippen molar-refractivity contribution in [2.75, 3.05) is 6.54 Å². The lowest BCUT2D eigenvalue weighted by atomic mass is 9.92. The van der Waals surface area contributed by atoms with Crippen LogP contribution in [0.1, 0.15) is 17.0 Å². The first-order valence-electron chi connectivity index (χ1n) is 5.89. The summed E-state index contributed by atoms with van der Waals surface area (Å²) in [4.78, 5) is 0. The van der Waals surface area contributed by atoms with E-state index in [4.69, 9.17) is 28.9 Å². The molecule has 18 heavy (non-hydrogen) atoms. The van der Waals surface area contributed by atoms with E-state index in [1.807, 2.05) is 48.5 Å². The summed E-state index contributed by atoms with van der Waals surface area (Å²) < 4.78 is 0. The Morgan fingerprint density at radius 1 is 0.833 bits per heavy atom. The van der Waals surface area contributed by atoms with Gasteiger partial charge in [0.2, 0.25) is 0 Å². The van der Waals surface area contributed by atoms with Gasteiger partial charge < -0.3 is 5.73 Å². The molecular weight excluding hydrogens is 265 g/mol. The molecule has 2 aromatic carbocycles. The highest BCUT2D eigenvalue weighted by Crippen LogP contribution is 2.22. The second-order valence-electron chi connectivity index (χ2n) is 4.31. The standard InChI is InChI=1S/C15H15Cl2N/c16-14-5-1-11(2-6-14)9-13(10-18)12-3-7-15(17)8-4-12/h1-8,13H,9-10,18H2. The van der Waals surface area contributed by atoms with Gasteiger partial charge >= 0.3 is 0 Å². The Morgan fingerprint density at radius 2 is 1.33 bits per heavy atom. The minimum atomic E-state index is 0.309. The minimum absolute atomic E-state index is 0.309. The molecule has 0 saturated heterocycles. The third kappa shape index (κ3) is 3.49. The monoisotopic (exact) mass is 279 g/mol. The second-order valence-corrected chi connectivity index (χ2v) is 5.19. The zero-order chi connectivity index (χ0) is 13.0. The van der Waals surface area contributed by atoms with Crippen LogP contribution >= 0.6 is 23.2 Å². The van der Waals surface area contributed by atoms with E-state index in [9.17, 15) is 0 Å². The van der Waals surface area contributed by atoms with E-state index in [-0.39, 0.29) is 0 Å². The fourth-order valence-corrected chi connectivity index (χ4v) is 2.23. The molecule has 3 heteroatoms. The Morgan fingerprint density at radius 3 is 1.83 bits per heavy atom. The Labute approximate surface area is 118 Å². The Balaban J connectivity index is 2.14. The predicted octanol–water partition coefficient (Wildman–Crippen LogP) is 4.28. The molecule has 0 heterocycles. The molecule has 0 fully saturated rings. The molecule has 0 aliphatic carbocycles. The number of nitrogens with two attached hydrogens (primary N) is 1. The zero-order valence-corrected chi connectivity index (χ0v) is 11.5. The average molecular weight is 280 g/mol. The summed E-state index contributed by atoms with van der Waals surface area (Å²) in [6.07, 6.45) is 0.912. The highest BCUT2D eigenvalue weighted by molar-refractivity contribution is 6.30. The van der Waals surface area contributed by atoms with Crippen molar-refractivity contribution in [3.63, 3.8) is 0 Å². The number of benzene rings is 2. The number of hydrogen-bond donors (Lipinski definition) is 1. The second kappa shape index (κ2) is 6.24. The molecule has 2 N–H and O–H groups in total. The lowest BCUT2D eigenvalue weighted by Crippen LogP contribution is -2.14.